The zero-order chi connectivity index (χ0) is 29.3. The van der Waals surface area contributed by atoms with E-state index in [4.69, 9.17) is 4.74 Å². The molecule has 3 amide bonds. The van der Waals surface area contributed by atoms with E-state index in [9.17, 15) is 19.2 Å². The lowest BCUT2D eigenvalue weighted by Crippen LogP contribution is -2.50. The second kappa shape index (κ2) is 14.2. The van der Waals surface area contributed by atoms with Crippen molar-refractivity contribution in [1.82, 2.24) is 10.6 Å². The van der Waals surface area contributed by atoms with Crippen molar-refractivity contribution in [3.05, 3.63) is 66.2 Å². The summed E-state index contributed by atoms with van der Waals surface area (Å²) in [5.41, 5.74) is 0.664. The number of amides is 3. The number of hydrogen-bond donors (Lipinski definition) is 3. The summed E-state index contributed by atoms with van der Waals surface area (Å²) in [6, 6.07) is 16.6. The monoisotopic (exact) mass is 549 g/mol. The number of carbonyl (C=O) groups excluding carboxylic acids is 4. The van der Waals surface area contributed by atoms with Crippen molar-refractivity contribution < 1.29 is 23.9 Å². The number of anilines is 1. The van der Waals surface area contributed by atoms with E-state index in [2.05, 4.69) is 16.0 Å². The Kier molecular flexibility index (Phi) is 11.0. The number of nitrogens with one attached hydrogen (secondary N) is 3. The highest BCUT2D eigenvalue weighted by Gasteiger charge is 2.50. The molecule has 0 saturated carbocycles. The first-order valence-electron chi connectivity index (χ1n) is 14.1. The largest absolute Gasteiger partial charge is 0.361 e. The van der Waals surface area contributed by atoms with Crippen LogP contribution in [0.2, 0.25) is 0 Å². The van der Waals surface area contributed by atoms with Gasteiger partial charge in [-0.1, -0.05) is 76.2 Å². The Hall–Kier alpha value is -3.52. The van der Waals surface area contributed by atoms with E-state index in [1.807, 2.05) is 76.2 Å². The molecule has 0 aliphatic carbocycles. The lowest BCUT2D eigenvalue weighted by Gasteiger charge is -2.26. The number of rotatable bonds is 15. The third-order valence-corrected chi connectivity index (χ3v) is 7.01. The van der Waals surface area contributed by atoms with Gasteiger partial charge in [-0.15, -0.1) is 0 Å². The molecule has 0 aromatic heterocycles. The maximum atomic E-state index is 13.7. The zero-order valence-corrected chi connectivity index (χ0v) is 24.2. The second-order valence-electron chi connectivity index (χ2n) is 11.8. The van der Waals surface area contributed by atoms with E-state index < -0.39 is 29.6 Å². The Balaban J connectivity index is 1.77. The summed E-state index contributed by atoms with van der Waals surface area (Å²) in [4.78, 5) is 53.2. The number of para-hydroxylation sites is 1. The summed E-state index contributed by atoms with van der Waals surface area (Å²) < 4.78 is 5.37. The summed E-state index contributed by atoms with van der Waals surface area (Å²) in [5.74, 6) is -1.11. The van der Waals surface area contributed by atoms with E-state index in [1.165, 1.54) is 0 Å². The van der Waals surface area contributed by atoms with Crippen LogP contribution in [0.4, 0.5) is 10.5 Å². The fraction of sp³-hybridized carbons (Fsp3) is 0.500. The SMILES string of the molecule is CC(C)CC(NC(=O)Nc1ccccc1)C(=O)C[C@@H](Cc1ccccc1)C(=O)N[C@@H](CC(C)C)C(=O)C1(C)CO1. The van der Waals surface area contributed by atoms with Crippen LogP contribution in [-0.4, -0.2) is 47.8 Å². The summed E-state index contributed by atoms with van der Waals surface area (Å²) in [7, 11) is 0. The maximum Gasteiger partial charge on any atom is 0.319 e. The van der Waals surface area contributed by atoms with Gasteiger partial charge in [-0.05, 0) is 55.7 Å². The van der Waals surface area contributed by atoms with Gasteiger partial charge in [0.05, 0.1) is 18.7 Å². The quantitative estimate of drug-likeness (QED) is 0.272. The van der Waals surface area contributed by atoms with Gasteiger partial charge in [0.15, 0.2) is 11.6 Å². The molecular weight excluding hydrogens is 506 g/mol. The molecule has 2 unspecified atom stereocenters. The average Bonchev–Trinajstić information content (AvgIpc) is 3.66. The maximum absolute atomic E-state index is 13.7. The fourth-order valence-electron chi connectivity index (χ4n) is 4.74. The van der Waals surface area contributed by atoms with Gasteiger partial charge in [0, 0.05) is 18.0 Å². The summed E-state index contributed by atoms with van der Waals surface area (Å²) in [6.45, 7) is 10.0. The van der Waals surface area contributed by atoms with Crippen molar-refractivity contribution in [3.8, 4) is 0 Å². The van der Waals surface area contributed by atoms with Crippen LogP contribution in [0.25, 0.3) is 0 Å². The van der Waals surface area contributed by atoms with Crippen molar-refractivity contribution in [1.29, 1.82) is 0 Å². The molecule has 216 valence electrons. The number of epoxide rings is 1. The van der Waals surface area contributed by atoms with E-state index in [-0.39, 0.29) is 35.7 Å². The average molecular weight is 550 g/mol. The summed E-state index contributed by atoms with van der Waals surface area (Å²) in [6.07, 6.45) is 1.18. The first-order chi connectivity index (χ1) is 19.0. The Morgan fingerprint density at radius 3 is 1.93 bits per heavy atom. The van der Waals surface area contributed by atoms with Crippen molar-refractivity contribution in [2.75, 3.05) is 11.9 Å². The standard InChI is InChI=1S/C32H43N3O5/c1-21(2)16-26(35-31(39)33-25-14-10-7-11-15-25)28(36)19-24(18-23-12-8-6-9-13-23)30(38)34-27(17-22(3)4)29(37)32(5)20-40-32/h6-15,21-22,24,26-27H,16-20H2,1-5H3,(H,34,38)(H2,33,35,39)/t24-,26?,27+,32?/m1/s1. The first-order valence-corrected chi connectivity index (χ1v) is 14.1. The van der Waals surface area contributed by atoms with Crippen LogP contribution >= 0.6 is 0 Å². The minimum absolute atomic E-state index is 0.0694. The highest BCUT2D eigenvalue weighted by atomic mass is 16.6. The summed E-state index contributed by atoms with van der Waals surface area (Å²) >= 11 is 0. The number of ketones is 2. The fourth-order valence-corrected chi connectivity index (χ4v) is 4.74. The minimum atomic E-state index is -0.865. The molecule has 3 N–H and O–H groups in total. The van der Waals surface area contributed by atoms with Crippen LogP contribution in [0.3, 0.4) is 0 Å². The highest BCUT2D eigenvalue weighted by molar-refractivity contribution is 5.98. The lowest BCUT2D eigenvalue weighted by molar-refractivity contribution is -0.134. The molecule has 4 atom stereocenters. The Morgan fingerprint density at radius 2 is 1.38 bits per heavy atom. The predicted molar refractivity (Wildman–Crippen MR) is 156 cm³/mol. The number of hydrogen-bond acceptors (Lipinski definition) is 5. The van der Waals surface area contributed by atoms with Gasteiger partial charge in [0.1, 0.15) is 5.60 Å². The van der Waals surface area contributed by atoms with Crippen LogP contribution in [0.5, 0.6) is 0 Å². The molecule has 3 rings (SSSR count). The Bertz CT molecular complexity index is 1150. The van der Waals surface area contributed by atoms with E-state index in [0.29, 0.717) is 31.6 Å². The van der Waals surface area contributed by atoms with Crippen LogP contribution in [-0.2, 0) is 25.5 Å². The van der Waals surface area contributed by atoms with Gasteiger partial charge in [-0.2, -0.15) is 0 Å². The van der Waals surface area contributed by atoms with Gasteiger partial charge in [0.2, 0.25) is 5.91 Å². The predicted octanol–water partition coefficient (Wildman–Crippen LogP) is 4.93. The smallest absolute Gasteiger partial charge is 0.319 e. The molecule has 40 heavy (non-hydrogen) atoms. The number of Topliss-reactive ketones (excluding diaryl/α,β-unsaturated/α-hetero) is 2. The molecule has 1 aliphatic heterocycles. The normalized spacial score (nSPS) is 18.5. The van der Waals surface area contributed by atoms with Crippen molar-refractivity contribution in [2.24, 2.45) is 17.8 Å². The molecule has 0 spiro atoms. The van der Waals surface area contributed by atoms with E-state index in [1.54, 1.807) is 19.1 Å². The van der Waals surface area contributed by atoms with Gasteiger partial charge in [0.25, 0.3) is 0 Å². The molecule has 2 aromatic carbocycles. The van der Waals surface area contributed by atoms with Crippen molar-refractivity contribution >= 4 is 29.2 Å². The third-order valence-electron chi connectivity index (χ3n) is 7.01. The van der Waals surface area contributed by atoms with Gasteiger partial charge in [-0.25, -0.2) is 4.79 Å². The number of benzene rings is 2. The van der Waals surface area contributed by atoms with Crippen LogP contribution < -0.4 is 16.0 Å². The Labute approximate surface area is 237 Å². The molecule has 1 heterocycles. The molecular formula is C32H43N3O5. The van der Waals surface area contributed by atoms with Gasteiger partial charge in [-0.3, -0.25) is 14.4 Å². The minimum Gasteiger partial charge on any atom is -0.361 e. The first kappa shape index (κ1) is 31.0. The van der Waals surface area contributed by atoms with Gasteiger partial charge >= 0.3 is 6.03 Å². The highest BCUT2D eigenvalue weighted by Crippen LogP contribution is 2.30. The van der Waals surface area contributed by atoms with Crippen LogP contribution in [0.15, 0.2) is 60.7 Å². The molecule has 2 aromatic rings. The Morgan fingerprint density at radius 1 is 0.825 bits per heavy atom. The summed E-state index contributed by atoms with van der Waals surface area (Å²) in [5, 5.41) is 8.53. The topological polar surface area (TPSA) is 117 Å². The van der Waals surface area contributed by atoms with Crippen molar-refractivity contribution in [2.45, 2.75) is 78.0 Å². The van der Waals surface area contributed by atoms with Crippen LogP contribution in [0, 0.1) is 17.8 Å². The number of carbonyl (C=O) groups is 4. The second-order valence-corrected chi connectivity index (χ2v) is 11.8. The molecule has 0 radical (unpaired) electrons. The van der Waals surface area contributed by atoms with E-state index >= 15 is 0 Å². The van der Waals surface area contributed by atoms with Crippen LogP contribution in [0.1, 0.15) is 59.4 Å². The number of ether oxygens (including phenoxy) is 1. The van der Waals surface area contributed by atoms with Gasteiger partial charge < -0.3 is 20.7 Å². The molecule has 0 bridgehead atoms. The molecule has 1 fully saturated rings. The third kappa shape index (κ3) is 9.59. The molecule has 1 aliphatic rings. The number of urea groups is 1. The van der Waals surface area contributed by atoms with E-state index in [0.717, 1.165) is 5.56 Å². The molecule has 8 heteroatoms. The van der Waals surface area contributed by atoms with Crippen molar-refractivity contribution in [3.63, 3.8) is 0 Å². The zero-order valence-electron chi connectivity index (χ0n) is 24.2. The molecule has 1 saturated heterocycles. The lowest BCUT2D eigenvalue weighted by atomic mass is 9.88. The molecule has 8 nitrogen and oxygen atoms in total.